The molecule has 0 aliphatic heterocycles. The first kappa shape index (κ1) is 28.4. The van der Waals surface area contributed by atoms with Gasteiger partial charge in [-0.1, -0.05) is 38.8 Å². The maximum absolute atomic E-state index is 8.87. The van der Waals surface area contributed by atoms with Crippen LogP contribution in [0.3, 0.4) is 0 Å². The zero-order valence-corrected chi connectivity index (χ0v) is 21.7. The van der Waals surface area contributed by atoms with Crippen molar-refractivity contribution in [3.63, 3.8) is 0 Å². The van der Waals surface area contributed by atoms with Gasteiger partial charge >= 0.3 is 0 Å². The topological polar surface area (TPSA) is 54.1 Å². The third-order valence-corrected chi connectivity index (χ3v) is 6.78. The lowest BCUT2D eigenvalue weighted by molar-refractivity contribution is 0.105. The molecule has 0 heterocycles. The van der Waals surface area contributed by atoms with E-state index in [1.807, 2.05) is 0 Å². The first-order valence-electron chi connectivity index (χ1n) is 13.1. The Morgan fingerprint density at radius 3 is 1.56 bits per heavy atom. The van der Waals surface area contributed by atoms with Gasteiger partial charge in [0, 0.05) is 35.3 Å². The molecule has 0 radical (unpaired) electrons. The number of hydrogen-bond donors (Lipinski definition) is 0. The number of nitrogens with zero attached hydrogens (tertiary/aromatic N) is 4. The molecule has 0 aromatic rings. The summed E-state index contributed by atoms with van der Waals surface area (Å²) in [7, 11) is 0. The standard InChI is InChI=1S/C15H26N2.C13H22N2/c1-3-5-11-17(12-6-4-2)15-9-7-14(13-16)8-10-15;1-10(2)15(11(3)4)13-7-5-12(9-14)6-8-13/h7,15H,3-6,8-12H2,1-2H3;5,10-11,13H,6-8H2,1-4H3. The quantitative estimate of drug-likeness (QED) is 0.367. The minimum atomic E-state index is 0.590. The van der Waals surface area contributed by atoms with Gasteiger partial charge in [0.25, 0.3) is 0 Å². The predicted molar refractivity (Wildman–Crippen MR) is 136 cm³/mol. The molecule has 2 rings (SSSR count). The van der Waals surface area contributed by atoms with Crippen molar-refractivity contribution in [2.75, 3.05) is 13.1 Å². The molecule has 0 fully saturated rings. The molecule has 2 aliphatic rings. The average Bonchev–Trinajstić information content (AvgIpc) is 2.80. The molecule has 0 aromatic carbocycles. The molecule has 0 saturated heterocycles. The number of hydrogen-bond acceptors (Lipinski definition) is 4. The molecular formula is C28H48N4. The van der Waals surface area contributed by atoms with Crippen molar-refractivity contribution in [2.45, 2.75) is 130 Å². The lowest BCUT2D eigenvalue weighted by atomic mass is 9.93. The van der Waals surface area contributed by atoms with Gasteiger partial charge in [0.15, 0.2) is 0 Å². The van der Waals surface area contributed by atoms with E-state index in [4.69, 9.17) is 10.5 Å². The van der Waals surface area contributed by atoms with Crippen LogP contribution < -0.4 is 0 Å². The van der Waals surface area contributed by atoms with Crippen LogP contribution in [0.4, 0.5) is 0 Å². The van der Waals surface area contributed by atoms with Gasteiger partial charge in [-0.05, 0) is 92.2 Å². The minimum Gasteiger partial charge on any atom is -0.300 e. The smallest absolute Gasteiger partial charge is 0.0943 e. The summed E-state index contributed by atoms with van der Waals surface area (Å²) in [5, 5.41) is 17.7. The van der Waals surface area contributed by atoms with E-state index in [0.717, 1.165) is 43.3 Å². The summed E-state index contributed by atoms with van der Waals surface area (Å²) < 4.78 is 0. The van der Waals surface area contributed by atoms with Crippen LogP contribution in [0.2, 0.25) is 0 Å². The van der Waals surface area contributed by atoms with Crippen LogP contribution in [0.5, 0.6) is 0 Å². The zero-order chi connectivity index (χ0) is 23.9. The summed E-state index contributed by atoms with van der Waals surface area (Å²) in [5.74, 6) is 0. The van der Waals surface area contributed by atoms with Crippen molar-refractivity contribution in [1.82, 2.24) is 9.80 Å². The van der Waals surface area contributed by atoms with Gasteiger partial charge < -0.3 is 4.90 Å². The second-order valence-corrected chi connectivity index (χ2v) is 9.92. The summed E-state index contributed by atoms with van der Waals surface area (Å²) in [6.45, 7) is 16.0. The van der Waals surface area contributed by atoms with Gasteiger partial charge in [-0.3, -0.25) is 4.90 Å². The molecule has 2 aliphatic carbocycles. The maximum Gasteiger partial charge on any atom is 0.0943 e. The van der Waals surface area contributed by atoms with E-state index in [1.54, 1.807) is 0 Å². The minimum absolute atomic E-state index is 0.590. The lowest BCUT2D eigenvalue weighted by Gasteiger charge is -2.39. The van der Waals surface area contributed by atoms with Crippen LogP contribution in [-0.4, -0.2) is 47.1 Å². The van der Waals surface area contributed by atoms with Crippen LogP contribution in [0, 0.1) is 22.7 Å². The highest BCUT2D eigenvalue weighted by atomic mass is 15.2. The van der Waals surface area contributed by atoms with Crippen LogP contribution in [0.1, 0.15) is 106 Å². The molecule has 0 N–H and O–H groups in total. The molecule has 0 bridgehead atoms. The Kier molecular flexibility index (Phi) is 14.3. The normalized spacial score (nSPS) is 21.0. The molecule has 0 aromatic heterocycles. The molecule has 2 atom stereocenters. The zero-order valence-electron chi connectivity index (χ0n) is 21.7. The molecule has 0 amide bonds. The van der Waals surface area contributed by atoms with Gasteiger partial charge in [-0.2, -0.15) is 10.5 Å². The van der Waals surface area contributed by atoms with Gasteiger partial charge in [0.1, 0.15) is 0 Å². The Bertz CT molecular complexity index is 646. The maximum atomic E-state index is 8.87. The predicted octanol–water partition coefficient (Wildman–Crippen LogP) is 7.00. The fraction of sp³-hybridized carbons (Fsp3) is 0.786. The largest absolute Gasteiger partial charge is 0.300 e. The molecule has 4 nitrogen and oxygen atoms in total. The van der Waals surface area contributed by atoms with E-state index in [0.29, 0.717) is 24.2 Å². The summed E-state index contributed by atoms with van der Waals surface area (Å²) in [6.07, 6.45) is 15.8. The van der Waals surface area contributed by atoms with Crippen molar-refractivity contribution >= 4 is 0 Å². The summed E-state index contributed by atoms with van der Waals surface area (Å²) in [5.41, 5.74) is 1.96. The van der Waals surface area contributed by atoms with E-state index < -0.39 is 0 Å². The number of unbranched alkanes of at least 4 members (excludes halogenated alkanes) is 2. The Labute approximate surface area is 199 Å². The molecule has 4 heteroatoms. The fourth-order valence-electron chi connectivity index (χ4n) is 5.09. The van der Waals surface area contributed by atoms with E-state index in [2.05, 4.69) is 75.6 Å². The molecule has 2 unspecified atom stereocenters. The molecule has 0 spiro atoms. The molecule has 0 saturated carbocycles. The van der Waals surface area contributed by atoms with Crippen molar-refractivity contribution in [3.8, 4) is 12.1 Å². The number of nitriles is 2. The monoisotopic (exact) mass is 440 g/mol. The van der Waals surface area contributed by atoms with Crippen molar-refractivity contribution in [2.24, 2.45) is 0 Å². The van der Waals surface area contributed by atoms with Crippen molar-refractivity contribution < 1.29 is 0 Å². The van der Waals surface area contributed by atoms with E-state index in [-0.39, 0.29) is 0 Å². The first-order chi connectivity index (χ1) is 15.4. The van der Waals surface area contributed by atoms with Gasteiger partial charge in [-0.15, -0.1) is 0 Å². The number of rotatable bonds is 10. The fourth-order valence-corrected chi connectivity index (χ4v) is 5.09. The van der Waals surface area contributed by atoms with Gasteiger partial charge in [-0.25, -0.2) is 0 Å². The SMILES string of the molecule is CC(C)N(C(C)C)C1CC=C(C#N)CC1.CCCCN(CCCC)C1CC=C(C#N)CC1. The van der Waals surface area contributed by atoms with Crippen LogP contribution in [0.25, 0.3) is 0 Å². The van der Waals surface area contributed by atoms with E-state index in [9.17, 15) is 0 Å². The van der Waals surface area contributed by atoms with Crippen LogP contribution >= 0.6 is 0 Å². The molecule has 32 heavy (non-hydrogen) atoms. The van der Waals surface area contributed by atoms with Crippen molar-refractivity contribution in [3.05, 3.63) is 23.3 Å². The highest BCUT2D eigenvalue weighted by Gasteiger charge is 2.25. The second-order valence-electron chi connectivity index (χ2n) is 9.92. The molecule has 180 valence electrons. The average molecular weight is 441 g/mol. The summed E-state index contributed by atoms with van der Waals surface area (Å²) in [4.78, 5) is 5.21. The van der Waals surface area contributed by atoms with Crippen molar-refractivity contribution in [1.29, 1.82) is 10.5 Å². The van der Waals surface area contributed by atoms with Crippen LogP contribution in [0.15, 0.2) is 23.3 Å². The van der Waals surface area contributed by atoms with E-state index in [1.165, 1.54) is 45.2 Å². The Morgan fingerprint density at radius 1 is 0.812 bits per heavy atom. The highest BCUT2D eigenvalue weighted by molar-refractivity contribution is 5.23. The van der Waals surface area contributed by atoms with Gasteiger partial charge in [0.05, 0.1) is 12.1 Å². The summed E-state index contributed by atoms with van der Waals surface area (Å²) >= 11 is 0. The Morgan fingerprint density at radius 2 is 1.25 bits per heavy atom. The summed E-state index contributed by atoms with van der Waals surface area (Å²) in [6, 6.07) is 7.05. The van der Waals surface area contributed by atoms with Crippen LogP contribution in [-0.2, 0) is 0 Å². The third kappa shape index (κ3) is 9.89. The highest BCUT2D eigenvalue weighted by Crippen LogP contribution is 2.25. The lowest BCUT2D eigenvalue weighted by Crippen LogP contribution is -2.45. The van der Waals surface area contributed by atoms with Gasteiger partial charge in [0.2, 0.25) is 0 Å². The Balaban J connectivity index is 0.000000323. The molecular weight excluding hydrogens is 392 g/mol. The number of allylic oxidation sites excluding steroid dienone is 2. The second kappa shape index (κ2) is 16.1. The first-order valence-corrected chi connectivity index (χ1v) is 13.1. The Hall–Kier alpha value is -1.62. The van der Waals surface area contributed by atoms with E-state index >= 15 is 0 Å². The third-order valence-electron chi connectivity index (χ3n) is 6.78.